The SMILES string of the molecule is O=C(/C=C/c1ccc([N+](=O)[O-])cc1)NCC1CCN(C(=O)c2ccccc2F)CC1. The van der Waals surface area contributed by atoms with Gasteiger partial charge in [-0.1, -0.05) is 12.1 Å². The number of non-ortho nitro benzene ring substituents is 1. The van der Waals surface area contributed by atoms with E-state index in [1.54, 1.807) is 35.2 Å². The normalized spacial score (nSPS) is 14.6. The highest BCUT2D eigenvalue weighted by atomic mass is 19.1. The Morgan fingerprint density at radius 1 is 1.13 bits per heavy atom. The highest BCUT2D eigenvalue weighted by Gasteiger charge is 2.25. The molecule has 0 unspecified atom stereocenters. The third-order valence-electron chi connectivity index (χ3n) is 5.10. The molecule has 2 amide bonds. The third kappa shape index (κ3) is 5.50. The Bertz CT molecular complexity index is 951. The zero-order chi connectivity index (χ0) is 21.5. The molecule has 7 nitrogen and oxygen atoms in total. The number of nitro groups is 1. The minimum Gasteiger partial charge on any atom is -0.352 e. The van der Waals surface area contributed by atoms with Gasteiger partial charge in [0.2, 0.25) is 5.91 Å². The molecule has 1 fully saturated rings. The largest absolute Gasteiger partial charge is 0.352 e. The molecule has 0 spiro atoms. The Hall–Kier alpha value is -3.55. The van der Waals surface area contributed by atoms with Gasteiger partial charge in [-0.25, -0.2) is 4.39 Å². The molecule has 2 aromatic rings. The van der Waals surface area contributed by atoms with Gasteiger partial charge in [-0.05, 0) is 54.7 Å². The Morgan fingerprint density at radius 3 is 2.43 bits per heavy atom. The lowest BCUT2D eigenvalue weighted by Crippen LogP contribution is -2.41. The summed E-state index contributed by atoms with van der Waals surface area (Å²) in [4.78, 5) is 36.3. The molecule has 1 saturated heterocycles. The highest BCUT2D eigenvalue weighted by Crippen LogP contribution is 2.19. The number of carbonyl (C=O) groups excluding carboxylic acids is 2. The van der Waals surface area contributed by atoms with Gasteiger partial charge in [-0.3, -0.25) is 19.7 Å². The number of benzene rings is 2. The summed E-state index contributed by atoms with van der Waals surface area (Å²) in [5.41, 5.74) is 0.771. The topological polar surface area (TPSA) is 92.5 Å². The maximum Gasteiger partial charge on any atom is 0.269 e. The molecular formula is C22H22FN3O4. The molecule has 8 heteroatoms. The molecule has 2 aromatic carbocycles. The van der Waals surface area contributed by atoms with E-state index < -0.39 is 10.7 Å². The first-order valence-electron chi connectivity index (χ1n) is 9.68. The van der Waals surface area contributed by atoms with Crippen LogP contribution in [0.1, 0.15) is 28.8 Å². The van der Waals surface area contributed by atoms with E-state index in [2.05, 4.69) is 5.32 Å². The molecule has 3 rings (SSSR count). The number of nitrogens with one attached hydrogen (secondary N) is 1. The van der Waals surface area contributed by atoms with Crippen molar-refractivity contribution in [1.82, 2.24) is 10.2 Å². The van der Waals surface area contributed by atoms with Gasteiger partial charge in [-0.15, -0.1) is 0 Å². The summed E-state index contributed by atoms with van der Waals surface area (Å²) in [6.45, 7) is 1.53. The minimum absolute atomic E-state index is 0.00331. The van der Waals surface area contributed by atoms with Crippen molar-refractivity contribution >= 4 is 23.6 Å². The predicted octanol–water partition coefficient (Wildman–Crippen LogP) is 3.42. The van der Waals surface area contributed by atoms with E-state index >= 15 is 0 Å². The number of rotatable bonds is 6. The van der Waals surface area contributed by atoms with E-state index in [9.17, 15) is 24.1 Å². The third-order valence-corrected chi connectivity index (χ3v) is 5.10. The fourth-order valence-electron chi connectivity index (χ4n) is 3.33. The Balaban J connectivity index is 1.43. The van der Waals surface area contributed by atoms with Crippen LogP contribution in [-0.2, 0) is 4.79 Å². The number of nitrogens with zero attached hydrogens (tertiary/aromatic N) is 2. The first kappa shape index (κ1) is 21.2. The van der Waals surface area contributed by atoms with Crippen LogP contribution in [0.25, 0.3) is 6.08 Å². The van der Waals surface area contributed by atoms with Crippen LogP contribution in [0.3, 0.4) is 0 Å². The second-order valence-electron chi connectivity index (χ2n) is 7.14. The number of hydrogen-bond donors (Lipinski definition) is 1. The molecule has 0 aromatic heterocycles. The molecule has 1 aliphatic heterocycles. The molecule has 1 heterocycles. The van der Waals surface area contributed by atoms with Crippen molar-refractivity contribution in [1.29, 1.82) is 0 Å². The van der Waals surface area contributed by atoms with Crippen molar-refractivity contribution in [2.24, 2.45) is 5.92 Å². The number of halogens is 1. The molecular weight excluding hydrogens is 389 g/mol. The Kier molecular flexibility index (Phi) is 6.90. The molecule has 30 heavy (non-hydrogen) atoms. The summed E-state index contributed by atoms with van der Waals surface area (Å²) in [6.07, 6.45) is 4.44. The van der Waals surface area contributed by atoms with Gasteiger partial charge >= 0.3 is 0 Å². The molecule has 0 radical (unpaired) electrons. The number of nitro benzene ring substituents is 1. The lowest BCUT2D eigenvalue weighted by molar-refractivity contribution is -0.384. The Labute approximate surface area is 173 Å². The zero-order valence-electron chi connectivity index (χ0n) is 16.3. The van der Waals surface area contributed by atoms with Gasteiger partial charge < -0.3 is 10.2 Å². The number of likely N-dealkylation sites (tertiary alicyclic amines) is 1. The molecule has 1 N–H and O–H groups in total. The van der Waals surface area contributed by atoms with Gasteiger partial charge in [0, 0.05) is 37.8 Å². The lowest BCUT2D eigenvalue weighted by atomic mass is 9.96. The van der Waals surface area contributed by atoms with Crippen LogP contribution in [0.5, 0.6) is 0 Å². The molecule has 0 bridgehead atoms. The summed E-state index contributed by atoms with van der Waals surface area (Å²) < 4.78 is 13.8. The summed E-state index contributed by atoms with van der Waals surface area (Å²) in [5.74, 6) is -0.831. The first-order valence-corrected chi connectivity index (χ1v) is 9.68. The smallest absolute Gasteiger partial charge is 0.269 e. The van der Waals surface area contributed by atoms with Crippen LogP contribution < -0.4 is 5.32 Å². The summed E-state index contributed by atoms with van der Waals surface area (Å²) >= 11 is 0. The second kappa shape index (κ2) is 9.78. The predicted molar refractivity (Wildman–Crippen MR) is 110 cm³/mol. The quantitative estimate of drug-likeness (QED) is 0.448. The van der Waals surface area contributed by atoms with Crippen molar-refractivity contribution in [2.75, 3.05) is 19.6 Å². The highest BCUT2D eigenvalue weighted by molar-refractivity contribution is 5.94. The van der Waals surface area contributed by atoms with Crippen molar-refractivity contribution in [3.63, 3.8) is 0 Å². The van der Waals surface area contributed by atoms with Gasteiger partial charge in [0.1, 0.15) is 5.82 Å². The van der Waals surface area contributed by atoms with Crippen molar-refractivity contribution < 1.29 is 18.9 Å². The van der Waals surface area contributed by atoms with Gasteiger partial charge in [-0.2, -0.15) is 0 Å². The molecule has 1 aliphatic rings. The van der Waals surface area contributed by atoms with Crippen LogP contribution in [0, 0.1) is 21.8 Å². The van der Waals surface area contributed by atoms with Crippen molar-refractivity contribution in [3.05, 3.63) is 81.7 Å². The maximum absolute atomic E-state index is 13.8. The van der Waals surface area contributed by atoms with Crippen LogP contribution in [0.2, 0.25) is 0 Å². The van der Waals surface area contributed by atoms with E-state index in [1.807, 2.05) is 0 Å². The lowest BCUT2D eigenvalue weighted by Gasteiger charge is -2.32. The van der Waals surface area contributed by atoms with Crippen LogP contribution in [0.15, 0.2) is 54.6 Å². The van der Waals surface area contributed by atoms with Gasteiger partial charge in [0.05, 0.1) is 10.5 Å². The fourth-order valence-corrected chi connectivity index (χ4v) is 3.33. The van der Waals surface area contributed by atoms with E-state index in [0.29, 0.717) is 25.2 Å². The average molecular weight is 411 g/mol. The second-order valence-corrected chi connectivity index (χ2v) is 7.14. The monoisotopic (exact) mass is 411 g/mol. The summed E-state index contributed by atoms with van der Waals surface area (Å²) in [6, 6.07) is 11.9. The zero-order valence-corrected chi connectivity index (χ0v) is 16.3. The van der Waals surface area contributed by atoms with Crippen LogP contribution in [0.4, 0.5) is 10.1 Å². The van der Waals surface area contributed by atoms with Crippen molar-refractivity contribution in [3.8, 4) is 0 Å². The number of amides is 2. The van der Waals surface area contributed by atoms with Crippen LogP contribution >= 0.6 is 0 Å². The number of piperidine rings is 1. The van der Waals surface area contributed by atoms with Gasteiger partial charge in [0.15, 0.2) is 0 Å². The summed E-state index contributed by atoms with van der Waals surface area (Å²) in [5, 5.41) is 13.5. The number of hydrogen-bond acceptors (Lipinski definition) is 4. The van der Waals surface area contributed by atoms with Gasteiger partial charge in [0.25, 0.3) is 11.6 Å². The summed E-state index contributed by atoms with van der Waals surface area (Å²) in [7, 11) is 0. The molecule has 0 atom stereocenters. The van der Waals surface area contributed by atoms with Crippen molar-refractivity contribution in [2.45, 2.75) is 12.8 Å². The molecule has 0 aliphatic carbocycles. The molecule has 156 valence electrons. The van der Waals surface area contributed by atoms with E-state index in [0.717, 1.165) is 12.8 Å². The number of carbonyl (C=O) groups is 2. The van der Waals surface area contributed by atoms with E-state index in [4.69, 9.17) is 0 Å². The fraction of sp³-hybridized carbons (Fsp3) is 0.273. The average Bonchev–Trinajstić information content (AvgIpc) is 2.77. The first-order chi connectivity index (χ1) is 14.4. The minimum atomic E-state index is -0.517. The molecule has 0 saturated carbocycles. The van der Waals surface area contributed by atoms with Crippen LogP contribution in [-0.4, -0.2) is 41.3 Å². The van der Waals surface area contributed by atoms with E-state index in [1.165, 1.54) is 30.3 Å². The maximum atomic E-state index is 13.8. The standard InChI is InChI=1S/C22H22FN3O4/c23-20-4-2-1-3-19(20)22(28)25-13-11-17(12-14-25)15-24-21(27)10-7-16-5-8-18(9-6-16)26(29)30/h1-10,17H,11-15H2,(H,24,27)/b10-7+. The van der Waals surface area contributed by atoms with E-state index in [-0.39, 0.29) is 29.0 Å². The Morgan fingerprint density at radius 2 is 1.80 bits per heavy atom.